The van der Waals surface area contributed by atoms with Crippen LogP contribution in [0, 0.1) is 0 Å². The van der Waals surface area contributed by atoms with Crippen LogP contribution in [0.15, 0.2) is 54.7 Å². The summed E-state index contributed by atoms with van der Waals surface area (Å²) in [6, 6.07) is 17.0. The Morgan fingerprint density at radius 1 is 0.926 bits per heavy atom. The molecule has 2 heterocycles. The molecule has 27 heavy (non-hydrogen) atoms. The van der Waals surface area contributed by atoms with Crippen molar-refractivity contribution < 1.29 is 4.74 Å². The fraction of sp³-hybridized carbons (Fsp3) is 0.391. The van der Waals surface area contributed by atoms with Gasteiger partial charge in [-0.3, -0.25) is 4.90 Å². The molecule has 0 unspecified atom stereocenters. The van der Waals surface area contributed by atoms with Crippen molar-refractivity contribution in [2.45, 2.75) is 19.3 Å². The number of anilines is 1. The van der Waals surface area contributed by atoms with Gasteiger partial charge in [-0.05, 0) is 61.7 Å². The predicted molar refractivity (Wildman–Crippen MR) is 113 cm³/mol. The number of methoxy groups -OCH3 is 1. The summed E-state index contributed by atoms with van der Waals surface area (Å²) in [6.07, 6.45) is 5.86. The lowest BCUT2D eigenvalue weighted by atomic mass is 10.1. The van der Waals surface area contributed by atoms with Crippen LogP contribution < -0.4 is 9.64 Å². The summed E-state index contributed by atoms with van der Waals surface area (Å²) in [5, 5.41) is 1.38. The minimum atomic E-state index is 0.924. The van der Waals surface area contributed by atoms with Crippen molar-refractivity contribution in [3.63, 3.8) is 0 Å². The van der Waals surface area contributed by atoms with Crippen molar-refractivity contribution in [1.82, 2.24) is 9.88 Å². The first-order valence-corrected chi connectivity index (χ1v) is 10.00. The Kier molecular flexibility index (Phi) is 5.64. The number of H-pyrrole nitrogens is 1. The molecule has 4 rings (SSSR count). The third-order valence-corrected chi connectivity index (χ3v) is 5.66. The number of nitrogens with zero attached hydrogens (tertiary/aromatic N) is 2. The van der Waals surface area contributed by atoms with Gasteiger partial charge in [0.1, 0.15) is 5.75 Å². The van der Waals surface area contributed by atoms with E-state index in [1.54, 1.807) is 7.11 Å². The molecule has 0 amide bonds. The highest BCUT2D eigenvalue weighted by Gasteiger charge is 2.16. The maximum absolute atomic E-state index is 5.25. The van der Waals surface area contributed by atoms with E-state index < -0.39 is 0 Å². The highest BCUT2D eigenvalue weighted by Crippen LogP contribution is 2.21. The minimum absolute atomic E-state index is 0.924. The number of hydrogen-bond donors (Lipinski definition) is 1. The molecule has 1 saturated heterocycles. The van der Waals surface area contributed by atoms with Gasteiger partial charge in [-0.15, -0.1) is 0 Å². The second-order valence-electron chi connectivity index (χ2n) is 7.34. The van der Waals surface area contributed by atoms with Gasteiger partial charge < -0.3 is 14.6 Å². The number of piperazine rings is 1. The van der Waals surface area contributed by atoms with E-state index in [-0.39, 0.29) is 0 Å². The molecule has 2 aromatic carbocycles. The van der Waals surface area contributed by atoms with Gasteiger partial charge in [0.25, 0.3) is 0 Å². The highest BCUT2D eigenvalue weighted by molar-refractivity contribution is 5.82. The maximum Gasteiger partial charge on any atom is 0.119 e. The van der Waals surface area contributed by atoms with Crippen molar-refractivity contribution >= 4 is 16.6 Å². The first-order valence-electron chi connectivity index (χ1n) is 10.00. The molecule has 4 nitrogen and oxygen atoms in total. The molecule has 1 aromatic heterocycles. The smallest absolute Gasteiger partial charge is 0.119 e. The number of para-hydroxylation sites is 1. The summed E-state index contributed by atoms with van der Waals surface area (Å²) < 4.78 is 5.25. The SMILES string of the molecule is COc1ccc(N2CCN(CCCCc3c[nH]c4ccccc34)CC2)cc1. The van der Waals surface area contributed by atoms with Gasteiger partial charge in [-0.25, -0.2) is 0 Å². The number of nitrogens with one attached hydrogen (secondary N) is 1. The quantitative estimate of drug-likeness (QED) is 0.634. The van der Waals surface area contributed by atoms with E-state index in [0.717, 1.165) is 38.3 Å². The molecule has 1 fully saturated rings. The summed E-state index contributed by atoms with van der Waals surface area (Å²) in [4.78, 5) is 8.46. The Morgan fingerprint density at radius 3 is 2.48 bits per heavy atom. The summed E-state index contributed by atoms with van der Waals surface area (Å²) in [5.74, 6) is 0.924. The van der Waals surface area contributed by atoms with E-state index in [0.29, 0.717) is 0 Å². The van der Waals surface area contributed by atoms with E-state index >= 15 is 0 Å². The van der Waals surface area contributed by atoms with E-state index in [2.05, 4.69) is 57.4 Å². The van der Waals surface area contributed by atoms with E-state index in [1.807, 2.05) is 12.1 Å². The molecule has 0 atom stereocenters. The second kappa shape index (κ2) is 8.49. The standard InChI is InChI=1S/C23H29N3O/c1-27-21-11-9-20(10-12-21)26-16-14-25(15-17-26)13-5-4-6-19-18-24-23-8-3-2-7-22(19)23/h2-3,7-12,18,24H,4-6,13-17H2,1H3. The van der Waals surface area contributed by atoms with Crippen molar-refractivity contribution in [3.05, 3.63) is 60.3 Å². The van der Waals surface area contributed by atoms with Crippen LogP contribution in [0.3, 0.4) is 0 Å². The van der Waals surface area contributed by atoms with E-state index in [1.165, 1.54) is 41.5 Å². The molecule has 0 saturated carbocycles. The monoisotopic (exact) mass is 363 g/mol. The lowest BCUT2D eigenvalue weighted by Gasteiger charge is -2.36. The van der Waals surface area contributed by atoms with Crippen LogP contribution in [0.5, 0.6) is 5.75 Å². The van der Waals surface area contributed by atoms with Crippen LogP contribution in [-0.2, 0) is 6.42 Å². The van der Waals surface area contributed by atoms with Gasteiger partial charge in [0, 0.05) is 49.0 Å². The molecule has 4 heteroatoms. The number of hydrogen-bond acceptors (Lipinski definition) is 3. The lowest BCUT2D eigenvalue weighted by Crippen LogP contribution is -2.46. The van der Waals surface area contributed by atoms with Gasteiger partial charge in [-0.2, -0.15) is 0 Å². The Labute approximate surface area is 161 Å². The number of benzene rings is 2. The number of rotatable bonds is 7. The Bertz CT molecular complexity index is 847. The van der Waals surface area contributed by atoms with Gasteiger partial charge >= 0.3 is 0 Å². The van der Waals surface area contributed by atoms with Crippen LogP contribution in [0.2, 0.25) is 0 Å². The van der Waals surface area contributed by atoms with Crippen LogP contribution in [-0.4, -0.2) is 49.7 Å². The van der Waals surface area contributed by atoms with Gasteiger partial charge in [-0.1, -0.05) is 18.2 Å². The van der Waals surface area contributed by atoms with Gasteiger partial charge in [0.15, 0.2) is 0 Å². The van der Waals surface area contributed by atoms with Crippen LogP contribution in [0.25, 0.3) is 10.9 Å². The zero-order valence-electron chi connectivity index (χ0n) is 16.2. The second-order valence-corrected chi connectivity index (χ2v) is 7.34. The van der Waals surface area contributed by atoms with Crippen molar-refractivity contribution in [2.24, 2.45) is 0 Å². The third kappa shape index (κ3) is 4.28. The fourth-order valence-corrected chi connectivity index (χ4v) is 4.01. The first-order chi connectivity index (χ1) is 13.3. The molecule has 1 aliphatic heterocycles. The number of aromatic nitrogens is 1. The Balaban J connectivity index is 1.19. The van der Waals surface area contributed by atoms with E-state index in [9.17, 15) is 0 Å². The van der Waals surface area contributed by atoms with Crippen molar-refractivity contribution in [1.29, 1.82) is 0 Å². The topological polar surface area (TPSA) is 31.5 Å². The molecule has 0 aliphatic carbocycles. The van der Waals surface area contributed by atoms with Crippen molar-refractivity contribution in [3.8, 4) is 5.75 Å². The zero-order chi connectivity index (χ0) is 18.5. The largest absolute Gasteiger partial charge is 0.497 e. The first kappa shape index (κ1) is 17.9. The number of ether oxygens (including phenoxy) is 1. The highest BCUT2D eigenvalue weighted by atomic mass is 16.5. The maximum atomic E-state index is 5.25. The van der Waals surface area contributed by atoms with Crippen molar-refractivity contribution in [2.75, 3.05) is 44.7 Å². The van der Waals surface area contributed by atoms with Crippen LogP contribution in [0.4, 0.5) is 5.69 Å². The average Bonchev–Trinajstić information content (AvgIpc) is 3.15. The minimum Gasteiger partial charge on any atom is -0.497 e. The van der Waals surface area contributed by atoms with Gasteiger partial charge in [0.2, 0.25) is 0 Å². The predicted octanol–water partition coefficient (Wildman–Crippen LogP) is 4.32. The van der Waals surface area contributed by atoms with E-state index in [4.69, 9.17) is 4.74 Å². The molecule has 0 radical (unpaired) electrons. The molecule has 0 bridgehead atoms. The fourth-order valence-electron chi connectivity index (χ4n) is 4.01. The molecule has 1 N–H and O–H groups in total. The summed E-state index contributed by atoms with van der Waals surface area (Å²) in [6.45, 7) is 5.72. The third-order valence-electron chi connectivity index (χ3n) is 5.66. The summed E-state index contributed by atoms with van der Waals surface area (Å²) in [7, 11) is 1.71. The number of unbranched alkanes of at least 4 members (excludes halogenated alkanes) is 1. The number of aryl methyl sites for hydroxylation is 1. The zero-order valence-corrected chi connectivity index (χ0v) is 16.2. The van der Waals surface area contributed by atoms with Crippen LogP contribution >= 0.6 is 0 Å². The molecule has 0 spiro atoms. The average molecular weight is 364 g/mol. The number of aromatic amines is 1. The number of fused-ring (bicyclic) bond motifs is 1. The summed E-state index contributed by atoms with van der Waals surface area (Å²) in [5.41, 5.74) is 4.01. The molecular weight excluding hydrogens is 334 g/mol. The molecular formula is C23H29N3O. The van der Waals surface area contributed by atoms with Crippen LogP contribution in [0.1, 0.15) is 18.4 Å². The Morgan fingerprint density at radius 2 is 1.70 bits per heavy atom. The van der Waals surface area contributed by atoms with Gasteiger partial charge in [0.05, 0.1) is 7.11 Å². The summed E-state index contributed by atoms with van der Waals surface area (Å²) >= 11 is 0. The normalized spacial score (nSPS) is 15.4. The lowest BCUT2D eigenvalue weighted by molar-refractivity contribution is 0.253. The molecule has 142 valence electrons. The Hall–Kier alpha value is -2.46. The molecule has 3 aromatic rings. The molecule has 1 aliphatic rings.